The van der Waals surface area contributed by atoms with E-state index in [1.54, 1.807) is 6.07 Å². The van der Waals surface area contributed by atoms with Crippen LogP contribution < -0.4 is 21.3 Å². The average Bonchev–Trinajstić information content (AvgIpc) is 3.03. The number of hydrogen-bond acceptors (Lipinski definition) is 5. The number of para-hydroxylation sites is 1. The summed E-state index contributed by atoms with van der Waals surface area (Å²) in [5, 5.41) is 5.77. The van der Waals surface area contributed by atoms with Gasteiger partial charge < -0.3 is 5.32 Å². The number of nitrogens with one attached hydrogen (secondary N) is 3. The second-order valence-electron chi connectivity index (χ2n) is 6.67. The molecule has 0 radical (unpaired) electrons. The SMILES string of the molecule is CC1=C(C(=O)Nc2ccc3ccccc3n2)NNN1c1ccc(C)cc1C.[HH]. The highest BCUT2D eigenvalue weighted by Crippen LogP contribution is 2.26. The number of amides is 1. The number of carbonyl (C=O) groups excluding carboxylic acids is 1. The van der Waals surface area contributed by atoms with Crippen molar-refractivity contribution in [3.63, 3.8) is 0 Å². The lowest BCUT2D eigenvalue weighted by Crippen LogP contribution is -2.39. The fourth-order valence-corrected chi connectivity index (χ4v) is 3.23. The molecule has 1 aliphatic rings. The first-order chi connectivity index (χ1) is 13.0. The number of aryl methyl sites for hydroxylation is 2. The number of hydrogen-bond donors (Lipinski definition) is 3. The standard InChI is InChI=1S/C21H21N5O.H2/c1-13-8-10-18(14(2)12-13)26-15(3)20(24-25-26)21(27)23-19-11-9-16-6-4-5-7-17(16)22-19;/h4-12,24-25H,1-3H3,(H,22,23,27);1H. The molecule has 0 unspecified atom stereocenters. The molecule has 1 aromatic heterocycles. The van der Waals surface area contributed by atoms with E-state index in [2.05, 4.69) is 34.3 Å². The maximum atomic E-state index is 12.7. The van der Waals surface area contributed by atoms with E-state index in [4.69, 9.17) is 0 Å². The number of rotatable bonds is 3. The van der Waals surface area contributed by atoms with Crippen molar-refractivity contribution in [1.29, 1.82) is 0 Å². The third-order valence-corrected chi connectivity index (χ3v) is 4.65. The van der Waals surface area contributed by atoms with Gasteiger partial charge >= 0.3 is 0 Å². The van der Waals surface area contributed by atoms with Gasteiger partial charge in [-0.05, 0) is 50.6 Å². The second-order valence-corrected chi connectivity index (χ2v) is 6.67. The molecule has 0 fully saturated rings. The monoisotopic (exact) mass is 361 g/mol. The zero-order chi connectivity index (χ0) is 19.0. The van der Waals surface area contributed by atoms with Crippen molar-refractivity contribution in [2.75, 3.05) is 10.3 Å². The maximum absolute atomic E-state index is 12.7. The molecular weight excluding hydrogens is 338 g/mol. The first-order valence-corrected chi connectivity index (χ1v) is 8.80. The van der Waals surface area contributed by atoms with Crippen LogP contribution in [0.3, 0.4) is 0 Å². The molecule has 0 saturated heterocycles. The highest BCUT2D eigenvalue weighted by Gasteiger charge is 2.26. The first kappa shape index (κ1) is 17.1. The maximum Gasteiger partial charge on any atom is 0.276 e. The lowest BCUT2D eigenvalue weighted by atomic mass is 10.1. The summed E-state index contributed by atoms with van der Waals surface area (Å²) in [4.78, 5) is 17.2. The quantitative estimate of drug-likeness (QED) is 0.662. The largest absolute Gasteiger partial charge is 0.305 e. The van der Waals surface area contributed by atoms with E-state index in [1.165, 1.54) is 5.56 Å². The van der Waals surface area contributed by atoms with E-state index < -0.39 is 0 Å². The number of benzene rings is 2. The number of aromatic nitrogens is 1. The summed E-state index contributed by atoms with van der Waals surface area (Å²) in [5.74, 6) is 0.279. The van der Waals surface area contributed by atoms with Gasteiger partial charge in [0, 0.05) is 6.81 Å². The van der Waals surface area contributed by atoms with Crippen molar-refractivity contribution in [2.24, 2.45) is 0 Å². The van der Waals surface area contributed by atoms with Gasteiger partial charge in [0.2, 0.25) is 0 Å². The molecule has 4 rings (SSSR count). The Hall–Kier alpha value is -3.38. The minimum atomic E-state index is -0.241. The summed E-state index contributed by atoms with van der Waals surface area (Å²) in [5.41, 5.74) is 11.4. The minimum Gasteiger partial charge on any atom is -0.305 e. The fraction of sp³-hybridized carbons (Fsp3) is 0.143. The number of pyridine rings is 1. The Morgan fingerprint density at radius 3 is 2.70 bits per heavy atom. The molecule has 0 bridgehead atoms. The number of carbonyl (C=O) groups is 1. The third-order valence-electron chi connectivity index (χ3n) is 4.65. The summed E-state index contributed by atoms with van der Waals surface area (Å²) < 4.78 is 0. The van der Waals surface area contributed by atoms with Crippen LogP contribution in [0.1, 0.15) is 19.5 Å². The molecule has 1 amide bonds. The summed E-state index contributed by atoms with van der Waals surface area (Å²) >= 11 is 0. The molecule has 6 nitrogen and oxygen atoms in total. The molecule has 2 aromatic carbocycles. The molecule has 0 saturated carbocycles. The third kappa shape index (κ3) is 3.22. The number of hydrazine groups is 2. The van der Waals surface area contributed by atoms with Crippen molar-refractivity contribution >= 4 is 28.3 Å². The molecule has 0 aliphatic carbocycles. The van der Waals surface area contributed by atoms with Gasteiger partial charge in [-0.25, -0.2) is 4.98 Å². The second kappa shape index (κ2) is 6.74. The predicted octanol–water partition coefficient (Wildman–Crippen LogP) is 3.80. The molecule has 27 heavy (non-hydrogen) atoms. The van der Waals surface area contributed by atoms with Gasteiger partial charge in [-0.15, -0.1) is 5.53 Å². The zero-order valence-corrected chi connectivity index (χ0v) is 15.5. The van der Waals surface area contributed by atoms with Crippen LogP contribution in [0.4, 0.5) is 11.5 Å². The van der Waals surface area contributed by atoms with Gasteiger partial charge in [-0.1, -0.05) is 35.9 Å². The Morgan fingerprint density at radius 2 is 1.89 bits per heavy atom. The Bertz CT molecular complexity index is 1080. The summed E-state index contributed by atoms with van der Waals surface area (Å²) in [7, 11) is 0. The Kier molecular flexibility index (Phi) is 4.25. The molecule has 0 atom stereocenters. The molecule has 138 valence electrons. The van der Waals surface area contributed by atoms with E-state index in [1.807, 2.05) is 61.3 Å². The van der Waals surface area contributed by atoms with Crippen molar-refractivity contribution in [2.45, 2.75) is 20.8 Å². The normalized spacial score (nSPS) is 13.8. The van der Waals surface area contributed by atoms with Crippen molar-refractivity contribution in [3.05, 3.63) is 77.1 Å². The van der Waals surface area contributed by atoms with Crippen LogP contribution in [0.5, 0.6) is 0 Å². The topological polar surface area (TPSA) is 69.3 Å². The molecule has 3 aromatic rings. The lowest BCUT2D eigenvalue weighted by molar-refractivity contribution is -0.113. The molecule has 0 spiro atoms. The zero-order valence-electron chi connectivity index (χ0n) is 15.5. The number of allylic oxidation sites excluding steroid dienone is 1. The van der Waals surface area contributed by atoms with E-state index in [9.17, 15) is 4.79 Å². The van der Waals surface area contributed by atoms with Crippen molar-refractivity contribution < 1.29 is 6.22 Å². The summed E-state index contributed by atoms with van der Waals surface area (Å²) in [6.07, 6.45) is 0. The van der Waals surface area contributed by atoms with Crippen LogP contribution in [0.25, 0.3) is 10.9 Å². The van der Waals surface area contributed by atoms with Gasteiger partial charge in [0.25, 0.3) is 5.91 Å². The average molecular weight is 361 g/mol. The fourth-order valence-electron chi connectivity index (χ4n) is 3.23. The molecule has 6 heteroatoms. The van der Waals surface area contributed by atoms with Gasteiger partial charge in [-0.3, -0.25) is 15.2 Å². The first-order valence-electron chi connectivity index (χ1n) is 8.80. The number of nitrogens with zero attached hydrogens (tertiary/aromatic N) is 2. The highest BCUT2D eigenvalue weighted by atomic mass is 16.2. The van der Waals surface area contributed by atoms with E-state index in [-0.39, 0.29) is 7.33 Å². The van der Waals surface area contributed by atoms with Crippen molar-refractivity contribution in [1.82, 2.24) is 15.9 Å². The van der Waals surface area contributed by atoms with Crippen LogP contribution in [-0.2, 0) is 4.79 Å². The molecule has 3 N–H and O–H groups in total. The Morgan fingerprint density at radius 1 is 1.07 bits per heavy atom. The van der Waals surface area contributed by atoms with E-state index in [0.717, 1.165) is 27.9 Å². The van der Waals surface area contributed by atoms with Crippen LogP contribution in [0.15, 0.2) is 66.0 Å². The van der Waals surface area contributed by atoms with Gasteiger partial charge in [0.1, 0.15) is 11.5 Å². The Labute approximate surface area is 159 Å². The highest BCUT2D eigenvalue weighted by molar-refractivity contribution is 6.04. The predicted molar refractivity (Wildman–Crippen MR) is 110 cm³/mol. The van der Waals surface area contributed by atoms with Crippen molar-refractivity contribution in [3.8, 4) is 0 Å². The molecule has 1 aliphatic heterocycles. The smallest absolute Gasteiger partial charge is 0.276 e. The lowest BCUT2D eigenvalue weighted by Gasteiger charge is -2.21. The summed E-state index contributed by atoms with van der Waals surface area (Å²) in [6.45, 7) is 6.01. The van der Waals surface area contributed by atoms with Crippen LogP contribution in [0, 0.1) is 13.8 Å². The van der Waals surface area contributed by atoms with Crippen LogP contribution in [0.2, 0.25) is 0 Å². The van der Waals surface area contributed by atoms with Crippen LogP contribution in [-0.4, -0.2) is 10.9 Å². The Balaban J connectivity index is 0.00000225. The van der Waals surface area contributed by atoms with Gasteiger partial charge in [0.15, 0.2) is 0 Å². The number of anilines is 2. The molecular formula is C21H23N5O. The summed E-state index contributed by atoms with van der Waals surface area (Å²) in [6, 6.07) is 17.8. The minimum absolute atomic E-state index is 0. The van der Waals surface area contributed by atoms with Gasteiger partial charge in [-0.2, -0.15) is 0 Å². The van der Waals surface area contributed by atoms with Gasteiger partial charge in [0.05, 0.1) is 16.9 Å². The van der Waals surface area contributed by atoms with E-state index in [0.29, 0.717) is 11.5 Å². The molecule has 2 heterocycles. The number of fused-ring (bicyclic) bond motifs is 1. The van der Waals surface area contributed by atoms with E-state index >= 15 is 0 Å². The van der Waals surface area contributed by atoms with Crippen LogP contribution >= 0.6 is 0 Å².